The summed E-state index contributed by atoms with van der Waals surface area (Å²) < 4.78 is 42.1. The van der Waals surface area contributed by atoms with Crippen molar-refractivity contribution >= 4 is 23.7 Å². The molecule has 0 radical (unpaired) electrons. The summed E-state index contributed by atoms with van der Waals surface area (Å²) in [5, 5.41) is 5.52. The summed E-state index contributed by atoms with van der Waals surface area (Å²) in [5.41, 5.74) is 0.631. The van der Waals surface area contributed by atoms with Gasteiger partial charge >= 0.3 is 24.1 Å². The average molecular weight is 515 g/mol. The first kappa shape index (κ1) is 29.6. The highest BCUT2D eigenvalue weighted by atomic mass is 19.4. The predicted octanol–water partition coefficient (Wildman–Crippen LogP) is 5.34. The number of alkyl halides is 3. The molecule has 0 aliphatic carbocycles. The number of carbonyl (C=O) groups is 3. The van der Waals surface area contributed by atoms with Crippen molar-refractivity contribution in [2.75, 3.05) is 32.5 Å². The van der Waals surface area contributed by atoms with E-state index in [1.54, 1.807) is 12.1 Å². The second-order valence-corrected chi connectivity index (χ2v) is 10.4. The number of unbranched alkanes of at least 4 members (excludes halogenated alkanes) is 5. The topological polar surface area (TPSA) is 84.5 Å². The lowest BCUT2D eigenvalue weighted by molar-refractivity contribution is -0.896. The van der Waals surface area contributed by atoms with Gasteiger partial charge in [-0.2, -0.15) is 13.2 Å². The van der Waals surface area contributed by atoms with Crippen LogP contribution in [0.2, 0.25) is 0 Å². The monoisotopic (exact) mass is 514 g/mol. The minimum atomic E-state index is -5.26. The lowest BCUT2D eigenvalue weighted by atomic mass is 9.83. The lowest BCUT2D eigenvalue weighted by Gasteiger charge is -2.44. The molecule has 36 heavy (non-hydrogen) atoms. The number of amides is 2. The van der Waals surface area contributed by atoms with Gasteiger partial charge in [-0.15, -0.1) is 0 Å². The summed E-state index contributed by atoms with van der Waals surface area (Å²) in [5.74, 6) is -3.87. The number of benzene rings is 1. The third kappa shape index (κ3) is 10.2. The minimum Gasteiger partial charge on any atom is -0.386 e. The maximum Gasteiger partial charge on any atom is 0.491 e. The number of ether oxygens (including phenoxy) is 1. The fourth-order valence-corrected chi connectivity index (χ4v) is 4.36. The van der Waals surface area contributed by atoms with E-state index in [1.807, 2.05) is 26.2 Å². The van der Waals surface area contributed by atoms with Crippen LogP contribution in [0.25, 0.3) is 0 Å². The Morgan fingerprint density at radius 2 is 1.56 bits per heavy atom. The highest BCUT2D eigenvalue weighted by Crippen LogP contribution is 2.29. The Labute approximate surface area is 211 Å². The van der Waals surface area contributed by atoms with Gasteiger partial charge in [-0.05, 0) is 30.5 Å². The van der Waals surface area contributed by atoms with Crippen LogP contribution >= 0.6 is 0 Å². The summed E-state index contributed by atoms with van der Waals surface area (Å²) in [6.45, 7) is 3.38. The van der Waals surface area contributed by atoms with Gasteiger partial charge in [-0.1, -0.05) is 51.2 Å². The third-order valence-electron chi connectivity index (χ3n) is 6.72. The van der Waals surface area contributed by atoms with E-state index in [2.05, 4.69) is 22.3 Å². The SMILES string of the molecule is CCCCCCCCc1ccc(NC(=O)NC2(CC(=O)OC(=O)C(F)(F)F)CC[N+](C)(C)CC2)cc1. The maximum absolute atomic E-state index is 12.8. The van der Waals surface area contributed by atoms with Gasteiger partial charge < -0.3 is 19.9 Å². The molecule has 1 saturated heterocycles. The number of quaternary nitrogens is 1. The molecule has 202 valence electrons. The molecule has 2 amide bonds. The van der Waals surface area contributed by atoms with E-state index in [0.717, 1.165) is 12.8 Å². The van der Waals surface area contributed by atoms with Crippen molar-refractivity contribution in [2.24, 2.45) is 0 Å². The number of nitrogens with zero attached hydrogens (tertiary/aromatic N) is 1. The van der Waals surface area contributed by atoms with Gasteiger partial charge in [-0.3, -0.25) is 4.79 Å². The zero-order chi connectivity index (χ0) is 26.8. The molecule has 0 atom stereocenters. The highest BCUT2D eigenvalue weighted by molar-refractivity contribution is 5.91. The average Bonchev–Trinajstić information content (AvgIpc) is 2.78. The standard InChI is InChI=1S/C26H38F3N3O4/c1-4-5-6-7-8-9-10-20-11-13-21(14-12-20)30-24(35)31-25(15-17-32(2,3)18-16-25)19-22(33)36-23(34)26(27,28)29/h11-14H,4-10,15-19H2,1-3H3,(H-,30,31,35)/p+1. The van der Waals surface area contributed by atoms with Crippen molar-refractivity contribution in [3.63, 3.8) is 0 Å². The van der Waals surface area contributed by atoms with Crippen LogP contribution in [0.4, 0.5) is 23.7 Å². The number of anilines is 1. The fraction of sp³-hybridized carbons (Fsp3) is 0.654. The first-order valence-corrected chi connectivity index (χ1v) is 12.7. The molecule has 1 heterocycles. The molecule has 7 nitrogen and oxygen atoms in total. The number of rotatable bonds is 11. The molecule has 0 saturated carbocycles. The van der Waals surface area contributed by atoms with Crippen LogP contribution in [0.15, 0.2) is 24.3 Å². The number of aryl methyl sites for hydroxylation is 1. The Morgan fingerprint density at radius 3 is 2.14 bits per heavy atom. The van der Waals surface area contributed by atoms with Crippen molar-refractivity contribution < 1.29 is 36.8 Å². The number of urea groups is 1. The zero-order valence-corrected chi connectivity index (χ0v) is 21.5. The van der Waals surface area contributed by atoms with Gasteiger partial charge in [0.1, 0.15) is 0 Å². The van der Waals surface area contributed by atoms with Gasteiger partial charge in [0.25, 0.3) is 0 Å². The summed E-state index contributed by atoms with van der Waals surface area (Å²) in [7, 11) is 3.98. The molecule has 10 heteroatoms. The Balaban J connectivity index is 1.94. The number of hydrogen-bond acceptors (Lipinski definition) is 4. The molecule has 0 unspecified atom stereocenters. The molecule has 2 rings (SSSR count). The van der Waals surface area contributed by atoms with Gasteiger partial charge in [0.05, 0.1) is 39.1 Å². The predicted molar refractivity (Wildman–Crippen MR) is 131 cm³/mol. The number of esters is 2. The second kappa shape index (κ2) is 13.1. The number of carbonyl (C=O) groups excluding carboxylic acids is 3. The largest absolute Gasteiger partial charge is 0.491 e. The minimum absolute atomic E-state index is 0.347. The molecule has 1 fully saturated rings. The number of likely N-dealkylation sites (tertiary alicyclic amines) is 1. The third-order valence-corrected chi connectivity index (χ3v) is 6.72. The number of nitrogens with one attached hydrogen (secondary N) is 2. The van der Waals surface area contributed by atoms with Crippen LogP contribution < -0.4 is 10.6 Å². The molecule has 1 aromatic carbocycles. The van der Waals surface area contributed by atoms with Crippen molar-refractivity contribution in [1.82, 2.24) is 5.32 Å². The van der Waals surface area contributed by atoms with E-state index in [4.69, 9.17) is 0 Å². The van der Waals surface area contributed by atoms with E-state index in [9.17, 15) is 27.6 Å². The van der Waals surface area contributed by atoms with Gasteiger partial charge in [0.15, 0.2) is 0 Å². The maximum atomic E-state index is 12.8. The van der Waals surface area contributed by atoms with Crippen LogP contribution in [0.3, 0.4) is 0 Å². The molecular formula is C26H39F3N3O4+. The molecule has 2 N–H and O–H groups in total. The smallest absolute Gasteiger partial charge is 0.386 e. The fourth-order valence-electron chi connectivity index (χ4n) is 4.36. The van der Waals surface area contributed by atoms with Crippen molar-refractivity contribution in [1.29, 1.82) is 0 Å². The molecule has 1 aromatic rings. The first-order valence-electron chi connectivity index (χ1n) is 12.7. The second-order valence-electron chi connectivity index (χ2n) is 10.4. The Kier molecular flexibility index (Phi) is 10.8. The van der Waals surface area contributed by atoms with Crippen LogP contribution in [0, 0.1) is 0 Å². The van der Waals surface area contributed by atoms with Gasteiger partial charge in [-0.25, -0.2) is 9.59 Å². The lowest BCUT2D eigenvalue weighted by Crippen LogP contribution is -2.61. The number of hydrogen-bond donors (Lipinski definition) is 2. The van der Waals surface area contributed by atoms with Gasteiger partial charge in [0, 0.05) is 18.5 Å². The number of halogens is 3. The quantitative estimate of drug-likeness (QED) is 0.181. The Bertz CT molecular complexity index is 875. The summed E-state index contributed by atoms with van der Waals surface area (Å²) in [6, 6.07) is 6.95. The molecule has 1 aliphatic heterocycles. The number of piperidine rings is 1. The van der Waals surface area contributed by atoms with Crippen LogP contribution in [-0.2, 0) is 20.7 Å². The Morgan fingerprint density at radius 1 is 0.972 bits per heavy atom. The van der Waals surface area contributed by atoms with Crippen molar-refractivity contribution in [3.8, 4) is 0 Å². The summed E-state index contributed by atoms with van der Waals surface area (Å²) in [6.07, 6.45) is 3.17. The molecule has 0 spiro atoms. The molecular weight excluding hydrogens is 475 g/mol. The first-order chi connectivity index (χ1) is 16.8. The van der Waals surface area contributed by atoms with Crippen LogP contribution in [-0.4, -0.2) is 61.4 Å². The van der Waals surface area contributed by atoms with Gasteiger partial charge in [0.2, 0.25) is 0 Å². The summed E-state index contributed by atoms with van der Waals surface area (Å²) in [4.78, 5) is 36.0. The van der Waals surface area contributed by atoms with Crippen molar-refractivity contribution in [3.05, 3.63) is 29.8 Å². The van der Waals surface area contributed by atoms with E-state index < -0.39 is 36.1 Å². The van der Waals surface area contributed by atoms with E-state index in [1.165, 1.54) is 37.7 Å². The zero-order valence-electron chi connectivity index (χ0n) is 21.5. The normalized spacial score (nSPS) is 16.7. The molecule has 0 aromatic heterocycles. The van der Waals surface area contributed by atoms with Crippen molar-refractivity contribution in [2.45, 2.75) is 82.8 Å². The molecule has 1 aliphatic rings. The van der Waals surface area contributed by atoms with Crippen LogP contribution in [0.5, 0.6) is 0 Å². The Hall–Kier alpha value is -2.62. The van der Waals surface area contributed by atoms with E-state index in [0.29, 0.717) is 36.1 Å². The van der Waals surface area contributed by atoms with Crippen LogP contribution in [0.1, 0.15) is 70.3 Å². The highest BCUT2D eigenvalue weighted by Gasteiger charge is 2.46. The van der Waals surface area contributed by atoms with E-state index in [-0.39, 0.29) is 0 Å². The summed E-state index contributed by atoms with van der Waals surface area (Å²) >= 11 is 0. The molecule has 0 bridgehead atoms. The van der Waals surface area contributed by atoms with E-state index >= 15 is 0 Å².